The second-order valence-corrected chi connectivity index (χ2v) is 10.3. The van der Waals surface area contributed by atoms with Crippen molar-refractivity contribution in [2.45, 2.75) is 6.54 Å². The lowest BCUT2D eigenvalue weighted by atomic mass is 10.1. The third-order valence-corrected chi connectivity index (χ3v) is 7.27. The average Bonchev–Trinajstić information content (AvgIpc) is 2.99. The number of hydrogen-bond donors (Lipinski definition) is 2. The fourth-order valence-corrected chi connectivity index (χ4v) is 4.91. The number of nitrogens with one attached hydrogen (secondary N) is 2. The number of amides is 2. The average molecular weight is 556 g/mol. The lowest BCUT2D eigenvalue weighted by molar-refractivity contribution is 0.101. The van der Waals surface area contributed by atoms with Crippen LogP contribution in [0.3, 0.4) is 0 Å². The van der Waals surface area contributed by atoms with Gasteiger partial charge < -0.3 is 25.0 Å². The first-order valence-corrected chi connectivity index (χ1v) is 13.5. The maximum absolute atomic E-state index is 14.6. The van der Waals surface area contributed by atoms with E-state index in [2.05, 4.69) is 27.5 Å². The first-order chi connectivity index (χ1) is 19.9. The van der Waals surface area contributed by atoms with E-state index in [-0.39, 0.29) is 5.69 Å². The van der Waals surface area contributed by atoms with Crippen LogP contribution < -0.4 is 20.1 Å². The van der Waals surface area contributed by atoms with Crippen LogP contribution in [0.5, 0.6) is 11.5 Å². The summed E-state index contributed by atoms with van der Waals surface area (Å²) in [4.78, 5) is 35.3. The summed E-state index contributed by atoms with van der Waals surface area (Å²) in [5, 5.41) is 6.18. The van der Waals surface area contributed by atoms with Crippen molar-refractivity contribution in [3.63, 3.8) is 0 Å². The summed E-state index contributed by atoms with van der Waals surface area (Å²) in [5.41, 5.74) is 2.80. The summed E-state index contributed by atoms with van der Waals surface area (Å²) in [5.74, 6) is -0.419. The Kier molecular flexibility index (Phi) is 7.49. The molecule has 3 heterocycles. The lowest BCUT2D eigenvalue weighted by Crippen LogP contribution is -2.43. The number of nitrogens with zero attached hydrogens (tertiary/aromatic N) is 3. The number of pyridine rings is 1. The minimum absolute atomic E-state index is 0.0456. The highest BCUT2D eigenvalue weighted by Gasteiger charge is 2.17. The molecule has 2 aliphatic rings. The largest absolute Gasteiger partial charge is 0.486 e. The van der Waals surface area contributed by atoms with E-state index in [9.17, 15) is 14.0 Å². The zero-order valence-electron chi connectivity index (χ0n) is 22.7. The van der Waals surface area contributed by atoms with Crippen molar-refractivity contribution in [3.8, 4) is 11.5 Å². The van der Waals surface area contributed by atoms with Crippen molar-refractivity contribution in [1.82, 2.24) is 14.8 Å². The van der Waals surface area contributed by atoms with Gasteiger partial charge in [0.25, 0.3) is 11.8 Å². The molecule has 0 aliphatic carbocycles. The molecule has 0 unspecified atom stereocenters. The van der Waals surface area contributed by atoms with Crippen molar-refractivity contribution >= 4 is 34.1 Å². The Morgan fingerprint density at radius 2 is 1.56 bits per heavy atom. The molecule has 0 atom stereocenters. The van der Waals surface area contributed by atoms with E-state index in [4.69, 9.17) is 14.5 Å². The number of halogens is 1. The maximum atomic E-state index is 14.6. The third-order valence-electron chi connectivity index (χ3n) is 7.27. The number of carbonyl (C=O) groups excluding carboxylic acids is 2. The highest BCUT2D eigenvalue weighted by molar-refractivity contribution is 6.07. The van der Waals surface area contributed by atoms with Gasteiger partial charge in [0.15, 0.2) is 11.5 Å². The van der Waals surface area contributed by atoms with E-state index in [1.54, 1.807) is 36.4 Å². The van der Waals surface area contributed by atoms with Crippen molar-refractivity contribution in [1.29, 1.82) is 0 Å². The molecule has 1 fully saturated rings. The van der Waals surface area contributed by atoms with E-state index >= 15 is 0 Å². The number of fused-ring (bicyclic) bond motifs is 2. The second kappa shape index (κ2) is 11.5. The van der Waals surface area contributed by atoms with Crippen LogP contribution in [0.4, 0.5) is 15.8 Å². The van der Waals surface area contributed by atoms with Crippen LogP contribution in [0.25, 0.3) is 10.9 Å². The first kappa shape index (κ1) is 26.7. The number of carbonyl (C=O) groups is 2. The van der Waals surface area contributed by atoms with Crippen LogP contribution in [0, 0.1) is 5.82 Å². The van der Waals surface area contributed by atoms with Gasteiger partial charge in [0.1, 0.15) is 19.0 Å². The Morgan fingerprint density at radius 3 is 2.39 bits per heavy atom. The Balaban J connectivity index is 1.12. The van der Waals surface area contributed by atoms with Crippen LogP contribution in [-0.4, -0.2) is 73.0 Å². The molecule has 1 aromatic heterocycles. The SMILES string of the molecule is CN1CCN(Cc2ccc3cc(C(=O)Nc4cc(NC(=O)c5ccc6c(c5)OCCO6)ccc4F)ccc3n2)CC1. The molecule has 10 heteroatoms. The molecule has 210 valence electrons. The topological polar surface area (TPSA) is 96.0 Å². The van der Waals surface area contributed by atoms with E-state index in [1.807, 2.05) is 12.1 Å². The molecular weight excluding hydrogens is 525 g/mol. The summed E-state index contributed by atoms with van der Waals surface area (Å²) in [7, 11) is 2.13. The third kappa shape index (κ3) is 6.13. The van der Waals surface area contributed by atoms with Crippen LogP contribution in [0.2, 0.25) is 0 Å². The normalized spacial score (nSPS) is 15.5. The van der Waals surface area contributed by atoms with Gasteiger partial charge in [0.2, 0.25) is 0 Å². The van der Waals surface area contributed by atoms with Crippen molar-refractivity contribution in [2.75, 3.05) is 57.1 Å². The fourth-order valence-electron chi connectivity index (χ4n) is 4.91. The zero-order chi connectivity index (χ0) is 28.3. The molecule has 41 heavy (non-hydrogen) atoms. The Bertz CT molecular complexity index is 1620. The fraction of sp³-hybridized carbons (Fsp3) is 0.258. The summed E-state index contributed by atoms with van der Waals surface area (Å²) in [6.07, 6.45) is 0. The lowest BCUT2D eigenvalue weighted by Gasteiger charge is -2.32. The van der Waals surface area contributed by atoms with Crippen LogP contribution in [0.1, 0.15) is 26.4 Å². The predicted octanol–water partition coefficient (Wildman–Crippen LogP) is 4.40. The summed E-state index contributed by atoms with van der Waals surface area (Å²) in [6.45, 7) is 5.75. The highest BCUT2D eigenvalue weighted by atomic mass is 19.1. The van der Waals surface area contributed by atoms with Gasteiger partial charge in [-0.3, -0.25) is 19.5 Å². The molecular formula is C31H30FN5O4. The number of aromatic nitrogens is 1. The minimum atomic E-state index is -0.619. The van der Waals surface area contributed by atoms with Gasteiger partial charge in [-0.2, -0.15) is 0 Å². The number of likely N-dealkylation sites (N-methyl/N-ethyl adjacent to an activating group) is 1. The summed E-state index contributed by atoms with van der Waals surface area (Å²) in [6, 6.07) is 18.1. The molecule has 9 nitrogen and oxygen atoms in total. The quantitative estimate of drug-likeness (QED) is 0.364. The Hall–Kier alpha value is -4.54. The van der Waals surface area contributed by atoms with Crippen molar-refractivity contribution in [3.05, 3.63) is 89.4 Å². The highest BCUT2D eigenvalue weighted by Crippen LogP contribution is 2.31. The van der Waals surface area contributed by atoms with Gasteiger partial charge in [-0.1, -0.05) is 6.07 Å². The number of hydrogen-bond acceptors (Lipinski definition) is 7. The maximum Gasteiger partial charge on any atom is 0.255 e. The second-order valence-electron chi connectivity index (χ2n) is 10.3. The first-order valence-electron chi connectivity index (χ1n) is 13.5. The number of anilines is 2. The van der Waals surface area contributed by atoms with Gasteiger partial charge in [0.05, 0.1) is 16.9 Å². The molecule has 2 N–H and O–H groups in total. The van der Waals surface area contributed by atoms with Crippen LogP contribution in [0.15, 0.2) is 66.7 Å². The predicted molar refractivity (Wildman–Crippen MR) is 154 cm³/mol. The molecule has 3 aromatic carbocycles. The Morgan fingerprint density at radius 1 is 0.829 bits per heavy atom. The van der Waals surface area contributed by atoms with E-state index in [0.717, 1.165) is 49.3 Å². The minimum Gasteiger partial charge on any atom is -0.486 e. The number of ether oxygens (including phenoxy) is 2. The standard InChI is InChI=1S/C31H30FN5O4/c1-36-10-12-37(13-11-36)19-24-5-2-20-16-21(3-8-26(20)33-24)31(39)35-27-18-23(6-7-25(27)32)34-30(38)22-4-9-28-29(17-22)41-15-14-40-28/h2-9,16-18H,10-15,19H2,1H3,(H,34,38)(H,35,39). The molecule has 0 bridgehead atoms. The summed E-state index contributed by atoms with van der Waals surface area (Å²) < 4.78 is 25.7. The molecule has 0 saturated carbocycles. The molecule has 1 saturated heterocycles. The van der Waals surface area contributed by atoms with E-state index < -0.39 is 17.6 Å². The Labute approximate surface area is 236 Å². The summed E-state index contributed by atoms with van der Waals surface area (Å²) >= 11 is 0. The van der Waals surface area contributed by atoms with E-state index in [1.165, 1.54) is 18.2 Å². The van der Waals surface area contributed by atoms with Gasteiger partial charge in [-0.15, -0.1) is 0 Å². The van der Waals surface area contributed by atoms with Gasteiger partial charge in [-0.05, 0) is 67.7 Å². The molecule has 0 radical (unpaired) electrons. The molecule has 2 amide bonds. The number of rotatable bonds is 6. The monoisotopic (exact) mass is 555 g/mol. The molecule has 0 spiro atoms. The number of benzene rings is 3. The number of piperazine rings is 1. The van der Waals surface area contributed by atoms with Crippen LogP contribution >= 0.6 is 0 Å². The van der Waals surface area contributed by atoms with Crippen molar-refractivity contribution < 1.29 is 23.5 Å². The van der Waals surface area contributed by atoms with Gasteiger partial charge in [0, 0.05) is 54.9 Å². The molecule has 2 aliphatic heterocycles. The molecule has 6 rings (SSSR count). The zero-order valence-corrected chi connectivity index (χ0v) is 22.7. The van der Waals surface area contributed by atoms with Crippen molar-refractivity contribution in [2.24, 2.45) is 0 Å². The van der Waals surface area contributed by atoms with Crippen LogP contribution in [-0.2, 0) is 6.54 Å². The molecule has 4 aromatic rings. The van der Waals surface area contributed by atoms with Gasteiger partial charge in [-0.25, -0.2) is 4.39 Å². The van der Waals surface area contributed by atoms with Gasteiger partial charge >= 0.3 is 0 Å². The smallest absolute Gasteiger partial charge is 0.255 e. The van der Waals surface area contributed by atoms with E-state index in [0.29, 0.717) is 41.5 Å².